The summed E-state index contributed by atoms with van der Waals surface area (Å²) in [4.78, 5) is 15.1. The van der Waals surface area contributed by atoms with Gasteiger partial charge >= 0.3 is 0 Å². The molecule has 0 bridgehead atoms. The van der Waals surface area contributed by atoms with Crippen LogP contribution in [0.1, 0.15) is 36.5 Å². The van der Waals surface area contributed by atoms with Crippen LogP contribution >= 0.6 is 24.0 Å². The third-order valence-corrected chi connectivity index (χ3v) is 5.35. The predicted octanol–water partition coefficient (Wildman–Crippen LogP) is 5.52. The average Bonchev–Trinajstić information content (AvgIpc) is 2.83. The molecular weight excluding hydrogens is 334 g/mol. The van der Waals surface area contributed by atoms with Crippen LogP contribution in [0.25, 0.3) is 6.08 Å². The summed E-state index contributed by atoms with van der Waals surface area (Å²) in [6, 6.07) is 16.1. The standard InChI is InChI=1S/C20H19NOS2/c1-13(2)16-10-8-15(9-11-16)12-18-19(22)21(20(23)24-18)17-7-5-4-6-14(17)3/h4-13H,1-3H3/b18-12-. The van der Waals surface area contributed by atoms with Crippen molar-refractivity contribution in [3.63, 3.8) is 0 Å². The molecule has 0 atom stereocenters. The van der Waals surface area contributed by atoms with Gasteiger partial charge in [0.25, 0.3) is 5.91 Å². The zero-order chi connectivity index (χ0) is 17.3. The van der Waals surface area contributed by atoms with Crippen molar-refractivity contribution in [3.05, 3.63) is 70.1 Å². The molecule has 0 aromatic heterocycles. The van der Waals surface area contributed by atoms with Crippen LogP contribution in [-0.4, -0.2) is 10.2 Å². The van der Waals surface area contributed by atoms with Crippen molar-refractivity contribution in [1.29, 1.82) is 0 Å². The first-order chi connectivity index (χ1) is 11.5. The molecule has 0 N–H and O–H groups in total. The average molecular weight is 354 g/mol. The molecule has 1 aliphatic heterocycles. The lowest BCUT2D eigenvalue weighted by atomic mass is 10.0. The molecule has 0 aliphatic carbocycles. The first kappa shape index (κ1) is 16.9. The first-order valence-corrected chi connectivity index (χ1v) is 9.13. The Balaban J connectivity index is 1.90. The minimum Gasteiger partial charge on any atom is -0.268 e. The summed E-state index contributed by atoms with van der Waals surface area (Å²) in [5.41, 5.74) is 4.21. The molecule has 0 saturated carbocycles. The van der Waals surface area contributed by atoms with Crippen LogP contribution in [0.5, 0.6) is 0 Å². The molecule has 24 heavy (non-hydrogen) atoms. The Morgan fingerprint density at radius 3 is 2.38 bits per heavy atom. The molecule has 1 saturated heterocycles. The van der Waals surface area contributed by atoms with Crippen LogP contribution in [0.4, 0.5) is 5.69 Å². The van der Waals surface area contributed by atoms with Gasteiger partial charge in [0.05, 0.1) is 10.6 Å². The van der Waals surface area contributed by atoms with Crippen molar-refractivity contribution < 1.29 is 4.79 Å². The number of amides is 1. The van der Waals surface area contributed by atoms with Crippen molar-refractivity contribution in [1.82, 2.24) is 0 Å². The van der Waals surface area contributed by atoms with Gasteiger partial charge in [-0.2, -0.15) is 0 Å². The predicted molar refractivity (Wildman–Crippen MR) is 107 cm³/mol. The van der Waals surface area contributed by atoms with E-state index in [4.69, 9.17) is 12.2 Å². The van der Waals surface area contributed by atoms with Crippen molar-refractivity contribution in [2.24, 2.45) is 0 Å². The number of para-hydroxylation sites is 1. The summed E-state index contributed by atoms with van der Waals surface area (Å²) in [6.07, 6.45) is 1.92. The van der Waals surface area contributed by atoms with E-state index in [1.54, 1.807) is 4.90 Å². The number of anilines is 1. The van der Waals surface area contributed by atoms with Gasteiger partial charge in [0.15, 0.2) is 4.32 Å². The van der Waals surface area contributed by atoms with Crippen molar-refractivity contribution in [2.45, 2.75) is 26.7 Å². The third-order valence-electron chi connectivity index (χ3n) is 4.05. The van der Waals surface area contributed by atoms with E-state index < -0.39 is 0 Å². The Bertz CT molecular complexity index is 822. The zero-order valence-electron chi connectivity index (χ0n) is 13.9. The second-order valence-electron chi connectivity index (χ2n) is 6.12. The number of aryl methyl sites for hydroxylation is 1. The highest BCUT2D eigenvalue weighted by atomic mass is 32.2. The van der Waals surface area contributed by atoms with Gasteiger partial charge in [-0.15, -0.1) is 0 Å². The summed E-state index contributed by atoms with van der Waals surface area (Å²) < 4.78 is 0.583. The molecule has 0 unspecified atom stereocenters. The highest BCUT2D eigenvalue weighted by Gasteiger charge is 2.33. The number of carbonyl (C=O) groups is 1. The quantitative estimate of drug-likeness (QED) is 0.535. The van der Waals surface area contributed by atoms with E-state index in [9.17, 15) is 4.79 Å². The minimum atomic E-state index is -0.0489. The maximum Gasteiger partial charge on any atom is 0.270 e. The Morgan fingerprint density at radius 1 is 1.08 bits per heavy atom. The lowest BCUT2D eigenvalue weighted by Crippen LogP contribution is -2.28. The van der Waals surface area contributed by atoms with E-state index in [1.165, 1.54) is 17.3 Å². The number of hydrogen-bond acceptors (Lipinski definition) is 3. The fourth-order valence-corrected chi connectivity index (χ4v) is 3.90. The molecule has 1 heterocycles. The topological polar surface area (TPSA) is 20.3 Å². The first-order valence-electron chi connectivity index (χ1n) is 7.91. The second kappa shape index (κ2) is 6.91. The van der Waals surface area contributed by atoms with Gasteiger partial charge in [-0.1, -0.05) is 80.3 Å². The Hall–Kier alpha value is -1.91. The molecule has 2 nitrogen and oxygen atoms in total. The largest absolute Gasteiger partial charge is 0.270 e. The van der Waals surface area contributed by atoms with Gasteiger partial charge in [-0.25, -0.2) is 0 Å². The summed E-state index contributed by atoms with van der Waals surface area (Å²) in [6.45, 7) is 6.33. The van der Waals surface area contributed by atoms with Gasteiger partial charge in [0.1, 0.15) is 0 Å². The molecule has 1 fully saturated rings. The van der Waals surface area contributed by atoms with Crippen molar-refractivity contribution in [3.8, 4) is 0 Å². The second-order valence-corrected chi connectivity index (χ2v) is 7.80. The fraction of sp³-hybridized carbons (Fsp3) is 0.200. The maximum atomic E-state index is 12.8. The van der Waals surface area contributed by atoms with E-state index in [0.29, 0.717) is 15.1 Å². The van der Waals surface area contributed by atoms with E-state index in [-0.39, 0.29) is 5.91 Å². The molecule has 0 radical (unpaired) electrons. The Kier molecular flexibility index (Phi) is 4.88. The maximum absolute atomic E-state index is 12.8. The molecule has 1 aliphatic rings. The van der Waals surface area contributed by atoms with Gasteiger partial charge in [-0.3, -0.25) is 9.69 Å². The van der Waals surface area contributed by atoms with E-state index in [2.05, 4.69) is 38.1 Å². The summed E-state index contributed by atoms with van der Waals surface area (Å²) in [5, 5.41) is 0. The highest BCUT2D eigenvalue weighted by Crippen LogP contribution is 2.37. The van der Waals surface area contributed by atoms with Crippen molar-refractivity contribution in [2.75, 3.05) is 4.90 Å². The molecule has 4 heteroatoms. The molecule has 1 amide bonds. The van der Waals surface area contributed by atoms with Gasteiger partial charge in [0, 0.05) is 0 Å². The molecule has 2 aromatic rings. The lowest BCUT2D eigenvalue weighted by molar-refractivity contribution is -0.113. The molecule has 3 rings (SSSR count). The van der Waals surface area contributed by atoms with Gasteiger partial charge < -0.3 is 0 Å². The van der Waals surface area contributed by atoms with E-state index >= 15 is 0 Å². The van der Waals surface area contributed by atoms with Crippen molar-refractivity contribution >= 4 is 46.0 Å². The van der Waals surface area contributed by atoms with Crippen LogP contribution in [0.15, 0.2) is 53.4 Å². The minimum absolute atomic E-state index is 0.0489. The zero-order valence-corrected chi connectivity index (χ0v) is 15.6. The Morgan fingerprint density at radius 2 is 1.75 bits per heavy atom. The monoisotopic (exact) mass is 353 g/mol. The highest BCUT2D eigenvalue weighted by molar-refractivity contribution is 8.27. The summed E-state index contributed by atoms with van der Waals surface area (Å²) >= 11 is 6.79. The normalized spacial score (nSPS) is 16.5. The SMILES string of the molecule is Cc1ccccc1N1C(=O)/C(=C/c2ccc(C(C)C)cc2)SC1=S. The Labute approximate surface area is 152 Å². The van der Waals surface area contributed by atoms with Gasteiger partial charge in [-0.05, 0) is 41.7 Å². The number of benzene rings is 2. The number of carbonyl (C=O) groups excluding carboxylic acids is 1. The number of nitrogens with zero attached hydrogens (tertiary/aromatic N) is 1. The number of hydrogen-bond donors (Lipinski definition) is 0. The smallest absolute Gasteiger partial charge is 0.268 e. The molecular formula is C20H19NOS2. The number of rotatable bonds is 3. The molecule has 2 aromatic carbocycles. The van der Waals surface area contributed by atoms with Crippen LogP contribution in [0.2, 0.25) is 0 Å². The van der Waals surface area contributed by atoms with E-state index in [0.717, 1.165) is 16.8 Å². The number of thiocarbonyl (C=S) groups is 1. The van der Waals surface area contributed by atoms with Gasteiger partial charge in [0.2, 0.25) is 0 Å². The van der Waals surface area contributed by atoms with Crippen LogP contribution in [-0.2, 0) is 4.79 Å². The van der Waals surface area contributed by atoms with E-state index in [1.807, 2.05) is 37.3 Å². The number of thioether (sulfide) groups is 1. The summed E-state index contributed by atoms with van der Waals surface area (Å²) in [5.74, 6) is 0.450. The van der Waals surface area contributed by atoms with Crippen LogP contribution < -0.4 is 4.90 Å². The van der Waals surface area contributed by atoms with Crippen LogP contribution in [0, 0.1) is 6.92 Å². The fourth-order valence-electron chi connectivity index (χ4n) is 2.62. The third kappa shape index (κ3) is 3.30. The lowest BCUT2D eigenvalue weighted by Gasteiger charge is -2.16. The molecule has 122 valence electrons. The summed E-state index contributed by atoms with van der Waals surface area (Å²) in [7, 11) is 0. The molecule has 0 spiro atoms. The van der Waals surface area contributed by atoms with Crippen LogP contribution in [0.3, 0.4) is 0 Å².